The summed E-state index contributed by atoms with van der Waals surface area (Å²) in [4.78, 5) is 12.4. The van der Waals surface area contributed by atoms with Gasteiger partial charge < -0.3 is 10.4 Å². The summed E-state index contributed by atoms with van der Waals surface area (Å²) in [6.07, 6.45) is 0. The molecule has 0 spiro atoms. The number of amides is 1. The minimum absolute atomic E-state index is 0.0464. The summed E-state index contributed by atoms with van der Waals surface area (Å²) in [6.45, 7) is 2.04. The Labute approximate surface area is 104 Å². The van der Waals surface area contributed by atoms with Gasteiger partial charge in [0.25, 0.3) is 0 Å². The van der Waals surface area contributed by atoms with Gasteiger partial charge in [0, 0.05) is 11.4 Å². The molecule has 1 aromatic carbocycles. The molecule has 0 heterocycles. The first-order valence-electron chi connectivity index (χ1n) is 4.95. The molecule has 1 unspecified atom stereocenters. The Morgan fingerprint density at radius 2 is 2.25 bits per heavy atom. The number of thioether (sulfide) groups is 1. The minimum Gasteiger partial charge on any atom is -0.395 e. The lowest BCUT2D eigenvalue weighted by Crippen LogP contribution is -2.32. The van der Waals surface area contributed by atoms with E-state index in [1.54, 1.807) is 13.0 Å². The number of rotatable bonds is 5. The average Bonchev–Trinajstić information content (AvgIpc) is 2.28. The van der Waals surface area contributed by atoms with E-state index in [9.17, 15) is 4.79 Å². The Balaban J connectivity index is 2.54. The quantitative estimate of drug-likeness (QED) is 0.795. The lowest BCUT2D eigenvalue weighted by Gasteiger charge is -2.11. The van der Waals surface area contributed by atoms with Crippen molar-refractivity contribution in [1.29, 1.82) is 0 Å². The number of benzene rings is 1. The predicted molar refractivity (Wildman–Crippen MR) is 66.9 cm³/mol. The van der Waals surface area contributed by atoms with Crippen molar-refractivity contribution in [3.05, 3.63) is 29.3 Å². The lowest BCUT2D eigenvalue weighted by molar-refractivity contribution is -0.120. The summed E-state index contributed by atoms with van der Waals surface area (Å²) >= 11 is 7.39. The zero-order valence-electron chi connectivity index (χ0n) is 8.94. The van der Waals surface area contributed by atoms with Gasteiger partial charge in [0.1, 0.15) is 0 Å². The minimum atomic E-state index is -0.230. The summed E-state index contributed by atoms with van der Waals surface area (Å²) in [6, 6.07) is 7.40. The fourth-order valence-electron chi connectivity index (χ4n) is 1.11. The van der Waals surface area contributed by atoms with Gasteiger partial charge in [0.05, 0.1) is 16.9 Å². The summed E-state index contributed by atoms with van der Waals surface area (Å²) in [7, 11) is 0. The fraction of sp³-hybridized carbons (Fsp3) is 0.364. The highest BCUT2D eigenvalue weighted by atomic mass is 35.5. The fourth-order valence-corrected chi connectivity index (χ4v) is 2.29. The van der Waals surface area contributed by atoms with E-state index in [0.29, 0.717) is 5.02 Å². The van der Waals surface area contributed by atoms with Crippen molar-refractivity contribution in [2.75, 3.05) is 13.2 Å². The Hall–Kier alpha value is -0.710. The van der Waals surface area contributed by atoms with Crippen molar-refractivity contribution in [2.24, 2.45) is 0 Å². The Morgan fingerprint density at radius 3 is 2.88 bits per heavy atom. The average molecular weight is 260 g/mol. The van der Waals surface area contributed by atoms with Crippen molar-refractivity contribution in [2.45, 2.75) is 17.1 Å². The number of aliphatic hydroxyl groups is 1. The van der Waals surface area contributed by atoms with E-state index >= 15 is 0 Å². The normalized spacial score (nSPS) is 12.2. The Morgan fingerprint density at radius 1 is 1.56 bits per heavy atom. The van der Waals surface area contributed by atoms with Crippen molar-refractivity contribution < 1.29 is 9.90 Å². The van der Waals surface area contributed by atoms with Gasteiger partial charge >= 0.3 is 0 Å². The molecule has 0 aliphatic heterocycles. The maximum absolute atomic E-state index is 11.5. The van der Waals surface area contributed by atoms with E-state index in [0.717, 1.165) is 4.90 Å². The third-order valence-electron chi connectivity index (χ3n) is 1.92. The van der Waals surface area contributed by atoms with Gasteiger partial charge in [-0.25, -0.2) is 0 Å². The van der Waals surface area contributed by atoms with Crippen molar-refractivity contribution >= 4 is 29.3 Å². The molecule has 1 amide bonds. The van der Waals surface area contributed by atoms with Gasteiger partial charge in [0.15, 0.2) is 0 Å². The first-order chi connectivity index (χ1) is 7.65. The lowest BCUT2D eigenvalue weighted by atomic mass is 10.4. The number of aliphatic hydroxyl groups excluding tert-OH is 1. The third-order valence-corrected chi connectivity index (χ3v) is 3.54. The van der Waals surface area contributed by atoms with Gasteiger partial charge in [-0.1, -0.05) is 23.7 Å². The van der Waals surface area contributed by atoms with Crippen molar-refractivity contribution in [3.8, 4) is 0 Å². The van der Waals surface area contributed by atoms with Crippen LogP contribution < -0.4 is 5.32 Å². The molecule has 0 saturated heterocycles. The molecular formula is C11H14ClNO2S. The van der Waals surface area contributed by atoms with Crippen LogP contribution in [0.1, 0.15) is 6.92 Å². The van der Waals surface area contributed by atoms with Crippen LogP contribution >= 0.6 is 23.4 Å². The summed E-state index contributed by atoms with van der Waals surface area (Å²) in [5, 5.41) is 11.6. The second kappa shape index (κ2) is 6.78. The first kappa shape index (κ1) is 13.4. The van der Waals surface area contributed by atoms with E-state index in [2.05, 4.69) is 5.32 Å². The molecule has 3 nitrogen and oxygen atoms in total. The monoisotopic (exact) mass is 259 g/mol. The maximum atomic E-state index is 11.5. The van der Waals surface area contributed by atoms with E-state index in [4.69, 9.17) is 16.7 Å². The van der Waals surface area contributed by atoms with Crippen LogP contribution in [0, 0.1) is 0 Å². The van der Waals surface area contributed by atoms with Gasteiger partial charge in [-0.2, -0.15) is 0 Å². The standard InChI is InChI=1S/C11H14ClNO2S/c1-8(11(15)13-6-7-14)16-10-5-3-2-4-9(10)12/h2-5,8,14H,6-7H2,1H3,(H,13,15). The van der Waals surface area contributed by atoms with Gasteiger partial charge in [-0.3, -0.25) is 4.79 Å². The molecule has 2 N–H and O–H groups in total. The van der Waals surface area contributed by atoms with Crippen LogP contribution in [0.3, 0.4) is 0 Å². The van der Waals surface area contributed by atoms with Gasteiger partial charge in [-0.05, 0) is 19.1 Å². The predicted octanol–water partition coefficient (Wildman–Crippen LogP) is 1.93. The third kappa shape index (κ3) is 4.04. The molecule has 5 heteroatoms. The SMILES string of the molecule is CC(Sc1ccccc1Cl)C(=O)NCCO. The summed E-state index contributed by atoms with van der Waals surface area (Å²) in [5.74, 6) is -0.0982. The first-order valence-corrected chi connectivity index (χ1v) is 6.20. The highest BCUT2D eigenvalue weighted by Crippen LogP contribution is 2.29. The van der Waals surface area contributed by atoms with Crippen molar-refractivity contribution in [3.63, 3.8) is 0 Å². The largest absolute Gasteiger partial charge is 0.395 e. The molecule has 0 aliphatic carbocycles. The smallest absolute Gasteiger partial charge is 0.233 e. The van der Waals surface area contributed by atoms with Crippen LogP contribution in [0.2, 0.25) is 5.02 Å². The van der Waals surface area contributed by atoms with E-state index in [1.165, 1.54) is 11.8 Å². The molecule has 0 radical (unpaired) electrons. The second-order valence-electron chi connectivity index (χ2n) is 3.21. The van der Waals surface area contributed by atoms with Crippen LogP contribution in [0.5, 0.6) is 0 Å². The number of halogens is 1. The molecule has 1 aromatic rings. The highest BCUT2D eigenvalue weighted by molar-refractivity contribution is 8.00. The van der Waals surface area contributed by atoms with Gasteiger partial charge in [0.2, 0.25) is 5.91 Å². The molecule has 88 valence electrons. The van der Waals surface area contributed by atoms with Crippen molar-refractivity contribution in [1.82, 2.24) is 5.32 Å². The Bertz CT molecular complexity index is 360. The van der Waals surface area contributed by atoms with Crippen LogP contribution in [-0.4, -0.2) is 29.4 Å². The molecule has 16 heavy (non-hydrogen) atoms. The molecule has 0 aromatic heterocycles. The molecule has 1 atom stereocenters. The summed E-state index contributed by atoms with van der Waals surface area (Å²) < 4.78 is 0. The molecule has 0 aliphatic rings. The van der Waals surface area contributed by atoms with Crippen LogP contribution in [0.25, 0.3) is 0 Å². The van der Waals surface area contributed by atoms with E-state index < -0.39 is 0 Å². The zero-order valence-corrected chi connectivity index (χ0v) is 10.5. The second-order valence-corrected chi connectivity index (χ2v) is 4.99. The van der Waals surface area contributed by atoms with Crippen LogP contribution in [0.4, 0.5) is 0 Å². The number of carbonyl (C=O) groups is 1. The van der Waals surface area contributed by atoms with Crippen LogP contribution in [-0.2, 0) is 4.79 Å². The highest BCUT2D eigenvalue weighted by Gasteiger charge is 2.14. The Kier molecular flexibility index (Phi) is 5.66. The van der Waals surface area contributed by atoms with Gasteiger partial charge in [-0.15, -0.1) is 11.8 Å². The zero-order chi connectivity index (χ0) is 12.0. The molecular weight excluding hydrogens is 246 g/mol. The number of carbonyl (C=O) groups excluding carboxylic acids is 1. The maximum Gasteiger partial charge on any atom is 0.233 e. The topological polar surface area (TPSA) is 49.3 Å². The van der Waals surface area contributed by atoms with Crippen LogP contribution in [0.15, 0.2) is 29.2 Å². The summed E-state index contributed by atoms with van der Waals surface area (Å²) in [5.41, 5.74) is 0. The number of nitrogens with one attached hydrogen (secondary N) is 1. The number of hydrogen-bond donors (Lipinski definition) is 2. The molecule has 0 saturated carbocycles. The molecule has 0 bridgehead atoms. The molecule has 0 fully saturated rings. The van der Waals surface area contributed by atoms with E-state index in [-0.39, 0.29) is 24.3 Å². The number of hydrogen-bond acceptors (Lipinski definition) is 3. The van der Waals surface area contributed by atoms with E-state index in [1.807, 2.05) is 18.2 Å². The molecule has 1 rings (SSSR count).